The van der Waals surface area contributed by atoms with Crippen molar-refractivity contribution in [2.45, 2.75) is 25.4 Å². The van der Waals surface area contributed by atoms with Crippen LogP contribution in [0.2, 0.25) is 5.02 Å². The van der Waals surface area contributed by atoms with Gasteiger partial charge in [0.15, 0.2) is 0 Å². The third-order valence-corrected chi connectivity index (χ3v) is 2.92. The Hall–Kier alpha value is -0.600. The standard InChI is InChI=1S/C11H12ClFO/c12-9-3-1-2-8(11(9)13)6-10(14)7-4-5-7/h1-3,7,10,14H,4-6H2. The first kappa shape index (κ1) is 9.94. The lowest BCUT2D eigenvalue weighted by molar-refractivity contribution is 0.150. The monoisotopic (exact) mass is 214 g/mol. The molecule has 0 saturated heterocycles. The first-order valence-electron chi connectivity index (χ1n) is 4.79. The van der Waals surface area contributed by atoms with Crippen LogP contribution in [-0.2, 0) is 6.42 Å². The summed E-state index contributed by atoms with van der Waals surface area (Å²) in [5.74, 6) is -0.0257. The van der Waals surface area contributed by atoms with E-state index >= 15 is 0 Å². The molecule has 1 fully saturated rings. The number of benzene rings is 1. The molecule has 2 rings (SSSR count). The third kappa shape index (κ3) is 2.07. The second-order valence-corrected chi connectivity index (χ2v) is 4.23. The van der Waals surface area contributed by atoms with Crippen LogP contribution in [-0.4, -0.2) is 11.2 Å². The van der Waals surface area contributed by atoms with E-state index in [1.807, 2.05) is 0 Å². The van der Waals surface area contributed by atoms with Gasteiger partial charge in [0.2, 0.25) is 0 Å². The fourth-order valence-electron chi connectivity index (χ4n) is 1.58. The Kier molecular flexibility index (Phi) is 2.75. The van der Waals surface area contributed by atoms with Gasteiger partial charge in [-0.3, -0.25) is 0 Å². The quantitative estimate of drug-likeness (QED) is 0.821. The Bertz CT molecular complexity index is 336. The molecular weight excluding hydrogens is 203 g/mol. The molecule has 1 atom stereocenters. The summed E-state index contributed by atoms with van der Waals surface area (Å²) in [5.41, 5.74) is 0.511. The smallest absolute Gasteiger partial charge is 0.145 e. The SMILES string of the molecule is OC(Cc1cccc(Cl)c1F)C1CC1. The van der Waals surface area contributed by atoms with E-state index in [1.54, 1.807) is 12.1 Å². The Morgan fingerprint density at radius 1 is 1.50 bits per heavy atom. The molecule has 0 bridgehead atoms. The molecule has 0 radical (unpaired) electrons. The van der Waals surface area contributed by atoms with Gasteiger partial charge in [0.25, 0.3) is 0 Å². The Morgan fingerprint density at radius 2 is 2.21 bits per heavy atom. The van der Waals surface area contributed by atoms with Gasteiger partial charge in [-0.05, 0) is 30.4 Å². The average Bonchev–Trinajstić information content (AvgIpc) is 2.95. The molecule has 3 heteroatoms. The molecule has 0 aliphatic heterocycles. The van der Waals surface area contributed by atoms with Crippen LogP contribution in [0.3, 0.4) is 0 Å². The summed E-state index contributed by atoms with van der Waals surface area (Å²) in [6, 6.07) is 4.90. The summed E-state index contributed by atoms with van der Waals surface area (Å²) in [6.07, 6.45) is 2.08. The molecule has 0 spiro atoms. The Balaban J connectivity index is 2.11. The van der Waals surface area contributed by atoms with Crippen LogP contribution < -0.4 is 0 Å². The summed E-state index contributed by atoms with van der Waals surface area (Å²) in [7, 11) is 0. The summed E-state index contributed by atoms with van der Waals surface area (Å²) in [4.78, 5) is 0. The van der Waals surface area contributed by atoms with Crippen molar-refractivity contribution in [3.8, 4) is 0 Å². The zero-order chi connectivity index (χ0) is 10.1. The molecule has 1 N–H and O–H groups in total. The second-order valence-electron chi connectivity index (χ2n) is 3.82. The van der Waals surface area contributed by atoms with Gasteiger partial charge in [-0.1, -0.05) is 23.7 Å². The fourth-order valence-corrected chi connectivity index (χ4v) is 1.77. The van der Waals surface area contributed by atoms with E-state index in [0.717, 1.165) is 12.8 Å². The maximum Gasteiger partial charge on any atom is 0.145 e. The first-order chi connectivity index (χ1) is 6.68. The number of aliphatic hydroxyl groups is 1. The van der Waals surface area contributed by atoms with Crippen molar-refractivity contribution in [2.75, 3.05) is 0 Å². The van der Waals surface area contributed by atoms with Crippen molar-refractivity contribution in [3.63, 3.8) is 0 Å². The van der Waals surface area contributed by atoms with E-state index in [0.29, 0.717) is 17.9 Å². The molecule has 76 valence electrons. The van der Waals surface area contributed by atoms with Gasteiger partial charge in [0, 0.05) is 6.42 Å². The van der Waals surface area contributed by atoms with Gasteiger partial charge < -0.3 is 5.11 Å². The van der Waals surface area contributed by atoms with E-state index in [2.05, 4.69) is 0 Å². The molecule has 1 aliphatic rings. The minimum absolute atomic E-state index is 0.130. The molecule has 1 aromatic rings. The molecule has 1 nitrogen and oxygen atoms in total. The normalized spacial score (nSPS) is 18.2. The molecular formula is C11H12ClFO. The van der Waals surface area contributed by atoms with Crippen LogP contribution in [0.4, 0.5) is 4.39 Å². The zero-order valence-corrected chi connectivity index (χ0v) is 8.47. The number of aliphatic hydroxyl groups excluding tert-OH is 1. The maximum atomic E-state index is 13.4. The maximum absolute atomic E-state index is 13.4. The number of rotatable bonds is 3. The van der Waals surface area contributed by atoms with Gasteiger partial charge in [-0.25, -0.2) is 4.39 Å². The topological polar surface area (TPSA) is 20.2 Å². The molecule has 1 aliphatic carbocycles. The zero-order valence-electron chi connectivity index (χ0n) is 7.71. The Morgan fingerprint density at radius 3 is 2.86 bits per heavy atom. The lowest BCUT2D eigenvalue weighted by Crippen LogP contribution is -2.13. The number of hydrogen-bond donors (Lipinski definition) is 1. The van der Waals surface area contributed by atoms with Gasteiger partial charge in [-0.2, -0.15) is 0 Å². The highest BCUT2D eigenvalue weighted by molar-refractivity contribution is 6.30. The predicted molar refractivity (Wildman–Crippen MR) is 53.8 cm³/mol. The van der Waals surface area contributed by atoms with E-state index in [4.69, 9.17) is 11.6 Å². The van der Waals surface area contributed by atoms with E-state index < -0.39 is 11.9 Å². The molecule has 0 aromatic heterocycles. The highest BCUT2D eigenvalue weighted by Gasteiger charge is 2.30. The van der Waals surface area contributed by atoms with Crippen LogP contribution >= 0.6 is 11.6 Å². The average molecular weight is 215 g/mol. The largest absolute Gasteiger partial charge is 0.392 e. The molecule has 1 unspecified atom stereocenters. The first-order valence-corrected chi connectivity index (χ1v) is 5.17. The summed E-state index contributed by atoms with van der Waals surface area (Å²) >= 11 is 5.64. The van der Waals surface area contributed by atoms with E-state index in [-0.39, 0.29) is 5.02 Å². The minimum atomic E-state index is -0.414. The summed E-state index contributed by atoms with van der Waals surface area (Å²) in [6.45, 7) is 0. The van der Waals surface area contributed by atoms with Crippen molar-refractivity contribution < 1.29 is 9.50 Å². The molecule has 0 amide bonds. The highest BCUT2D eigenvalue weighted by atomic mass is 35.5. The lowest BCUT2D eigenvalue weighted by atomic mass is 10.0. The Labute approximate surface area is 87.5 Å². The second kappa shape index (κ2) is 3.87. The van der Waals surface area contributed by atoms with Crippen molar-refractivity contribution in [1.29, 1.82) is 0 Å². The molecule has 1 aromatic carbocycles. The van der Waals surface area contributed by atoms with Crippen LogP contribution in [0.15, 0.2) is 18.2 Å². The van der Waals surface area contributed by atoms with Crippen LogP contribution in [0, 0.1) is 11.7 Å². The number of halogens is 2. The molecule has 1 saturated carbocycles. The lowest BCUT2D eigenvalue weighted by Gasteiger charge is -2.10. The minimum Gasteiger partial charge on any atom is -0.392 e. The van der Waals surface area contributed by atoms with Crippen LogP contribution in [0.25, 0.3) is 0 Å². The van der Waals surface area contributed by atoms with E-state index in [9.17, 15) is 9.50 Å². The highest BCUT2D eigenvalue weighted by Crippen LogP contribution is 2.34. The predicted octanol–water partition coefficient (Wildman–Crippen LogP) is 2.79. The van der Waals surface area contributed by atoms with Gasteiger partial charge in [0.1, 0.15) is 5.82 Å². The van der Waals surface area contributed by atoms with Gasteiger partial charge in [-0.15, -0.1) is 0 Å². The van der Waals surface area contributed by atoms with Crippen molar-refractivity contribution >= 4 is 11.6 Å². The van der Waals surface area contributed by atoms with E-state index in [1.165, 1.54) is 6.07 Å². The molecule has 14 heavy (non-hydrogen) atoms. The molecule has 0 heterocycles. The van der Waals surface area contributed by atoms with Crippen LogP contribution in [0.1, 0.15) is 18.4 Å². The summed E-state index contributed by atoms with van der Waals surface area (Å²) in [5, 5.41) is 9.78. The van der Waals surface area contributed by atoms with Crippen molar-refractivity contribution in [2.24, 2.45) is 5.92 Å². The third-order valence-electron chi connectivity index (χ3n) is 2.63. The summed E-state index contributed by atoms with van der Waals surface area (Å²) < 4.78 is 13.4. The van der Waals surface area contributed by atoms with Gasteiger partial charge >= 0.3 is 0 Å². The van der Waals surface area contributed by atoms with Gasteiger partial charge in [0.05, 0.1) is 11.1 Å². The van der Waals surface area contributed by atoms with Crippen LogP contribution in [0.5, 0.6) is 0 Å². The van der Waals surface area contributed by atoms with Crippen molar-refractivity contribution in [1.82, 2.24) is 0 Å². The number of hydrogen-bond acceptors (Lipinski definition) is 1. The van der Waals surface area contributed by atoms with Crippen molar-refractivity contribution in [3.05, 3.63) is 34.6 Å². The fraction of sp³-hybridized carbons (Fsp3) is 0.455.